The first-order valence-electron chi connectivity index (χ1n) is 8.77. The summed E-state index contributed by atoms with van der Waals surface area (Å²) in [6.07, 6.45) is 0.206. The number of rotatable bonds is 6. The van der Waals surface area contributed by atoms with Crippen LogP contribution in [0, 0.1) is 6.92 Å². The molecule has 0 saturated carbocycles. The molecule has 0 bridgehead atoms. The first kappa shape index (κ1) is 19.8. The Hall–Kier alpha value is -1.53. The van der Waals surface area contributed by atoms with Crippen molar-refractivity contribution in [3.05, 3.63) is 29.3 Å². The predicted octanol–water partition coefficient (Wildman–Crippen LogP) is 3.67. The minimum atomic E-state index is -0.512. The van der Waals surface area contributed by atoms with Crippen molar-refractivity contribution in [2.45, 2.75) is 65.0 Å². The molecule has 1 unspecified atom stereocenters. The zero-order chi connectivity index (χ0) is 18.8. The van der Waals surface area contributed by atoms with Crippen LogP contribution in [0.2, 0.25) is 0 Å². The van der Waals surface area contributed by atoms with E-state index in [1.807, 2.05) is 52.8 Å². The maximum Gasteiger partial charge on any atom is 0.466 e. The predicted molar refractivity (Wildman–Crippen MR) is 97.8 cm³/mol. The van der Waals surface area contributed by atoms with E-state index >= 15 is 0 Å². The second kappa shape index (κ2) is 7.38. The monoisotopic (exact) mass is 348 g/mol. The van der Waals surface area contributed by atoms with Gasteiger partial charge in [0.2, 0.25) is 0 Å². The summed E-state index contributed by atoms with van der Waals surface area (Å²) < 4.78 is 22.9. The van der Waals surface area contributed by atoms with Crippen LogP contribution in [-0.2, 0) is 18.8 Å². The normalized spacial score (nSPS) is 19.6. The van der Waals surface area contributed by atoms with Gasteiger partial charge in [-0.1, -0.05) is 6.07 Å². The quantitative estimate of drug-likeness (QED) is 0.580. The Kier molecular flexibility index (Phi) is 5.84. The molecule has 138 valence electrons. The summed E-state index contributed by atoms with van der Waals surface area (Å²) in [6, 6.07) is 5.83. The van der Waals surface area contributed by atoms with Gasteiger partial charge in [-0.3, -0.25) is 4.79 Å². The third-order valence-corrected chi connectivity index (χ3v) is 5.17. The number of ether oxygens (including phenoxy) is 2. The summed E-state index contributed by atoms with van der Waals surface area (Å²) in [5, 5.41) is 0. The van der Waals surface area contributed by atoms with E-state index in [-0.39, 0.29) is 18.2 Å². The third kappa shape index (κ3) is 4.18. The molecule has 0 spiro atoms. The molecule has 1 saturated heterocycles. The van der Waals surface area contributed by atoms with Gasteiger partial charge in [-0.2, -0.15) is 0 Å². The first-order chi connectivity index (χ1) is 11.6. The fraction of sp³-hybridized carbons (Fsp3) is 0.632. The highest BCUT2D eigenvalue weighted by Gasteiger charge is 2.54. The van der Waals surface area contributed by atoms with Crippen molar-refractivity contribution in [1.29, 1.82) is 0 Å². The number of methoxy groups -OCH3 is 1. The first-order valence-corrected chi connectivity index (χ1v) is 8.77. The van der Waals surface area contributed by atoms with Gasteiger partial charge in [-0.05, 0) is 64.8 Å². The molecule has 5 nitrogen and oxygen atoms in total. The Morgan fingerprint density at radius 1 is 1.20 bits per heavy atom. The standard InChI is InChI=1S/C19H29BO5/c1-8-23-17(21)12-16(15-10-9-14(22-7)11-13(15)2)20-24-18(3,4)19(5,6)25-20/h9-11,16H,8,12H2,1-7H3. The van der Waals surface area contributed by atoms with Gasteiger partial charge in [-0.25, -0.2) is 0 Å². The highest BCUT2D eigenvalue weighted by atomic mass is 16.7. The number of benzene rings is 1. The van der Waals surface area contributed by atoms with E-state index < -0.39 is 18.3 Å². The molecule has 0 N–H and O–H groups in total. The van der Waals surface area contributed by atoms with E-state index in [0.29, 0.717) is 6.61 Å². The molecule has 1 fully saturated rings. The highest BCUT2D eigenvalue weighted by molar-refractivity contribution is 6.48. The Morgan fingerprint density at radius 2 is 1.80 bits per heavy atom. The number of hydrogen-bond acceptors (Lipinski definition) is 5. The van der Waals surface area contributed by atoms with E-state index in [1.165, 1.54) is 0 Å². The Morgan fingerprint density at radius 3 is 2.28 bits per heavy atom. The van der Waals surface area contributed by atoms with Crippen molar-refractivity contribution in [3.63, 3.8) is 0 Å². The van der Waals surface area contributed by atoms with Crippen LogP contribution in [-0.4, -0.2) is 38.0 Å². The molecule has 1 atom stereocenters. The van der Waals surface area contributed by atoms with Crippen LogP contribution >= 0.6 is 0 Å². The van der Waals surface area contributed by atoms with Gasteiger partial charge in [0, 0.05) is 5.82 Å². The van der Waals surface area contributed by atoms with Crippen molar-refractivity contribution < 1.29 is 23.6 Å². The zero-order valence-corrected chi connectivity index (χ0v) is 16.3. The van der Waals surface area contributed by atoms with Gasteiger partial charge < -0.3 is 18.8 Å². The van der Waals surface area contributed by atoms with Crippen LogP contribution in [0.25, 0.3) is 0 Å². The van der Waals surface area contributed by atoms with Crippen molar-refractivity contribution >= 4 is 13.1 Å². The van der Waals surface area contributed by atoms with Crippen LogP contribution in [0.4, 0.5) is 0 Å². The van der Waals surface area contributed by atoms with Gasteiger partial charge >= 0.3 is 13.1 Å². The Labute approximate surface area is 151 Å². The lowest BCUT2D eigenvalue weighted by atomic mass is 9.65. The molecule has 0 aromatic heterocycles. The fourth-order valence-electron chi connectivity index (χ4n) is 3.00. The van der Waals surface area contributed by atoms with Gasteiger partial charge in [-0.15, -0.1) is 0 Å². The SMILES string of the molecule is CCOC(=O)CC(B1OC(C)(C)C(C)(C)O1)c1ccc(OC)cc1C. The minimum absolute atomic E-state index is 0.206. The molecular weight excluding hydrogens is 319 g/mol. The van der Waals surface area contributed by atoms with Crippen LogP contribution in [0.3, 0.4) is 0 Å². The average molecular weight is 348 g/mol. The molecule has 6 heteroatoms. The smallest absolute Gasteiger partial charge is 0.466 e. The molecule has 0 radical (unpaired) electrons. The van der Waals surface area contributed by atoms with E-state index in [9.17, 15) is 4.79 Å². The minimum Gasteiger partial charge on any atom is -0.497 e. The molecule has 0 amide bonds. The number of hydrogen-bond donors (Lipinski definition) is 0. The Bertz CT molecular complexity index is 610. The molecule has 1 aromatic carbocycles. The summed E-state index contributed by atoms with van der Waals surface area (Å²) in [5.41, 5.74) is 1.13. The van der Waals surface area contributed by atoms with Crippen molar-refractivity contribution in [2.24, 2.45) is 0 Å². The van der Waals surface area contributed by atoms with Crippen LogP contribution < -0.4 is 4.74 Å². The van der Waals surface area contributed by atoms with Gasteiger partial charge in [0.15, 0.2) is 0 Å². The van der Waals surface area contributed by atoms with Gasteiger partial charge in [0.25, 0.3) is 0 Å². The number of carbonyl (C=O) groups is 1. The summed E-state index contributed by atoms with van der Waals surface area (Å²) in [5.74, 6) is 0.286. The summed E-state index contributed by atoms with van der Waals surface area (Å²) in [4.78, 5) is 12.2. The fourth-order valence-corrected chi connectivity index (χ4v) is 3.00. The average Bonchev–Trinajstić information content (AvgIpc) is 2.73. The number of esters is 1. The summed E-state index contributed by atoms with van der Waals surface area (Å²) in [7, 11) is 1.13. The van der Waals surface area contributed by atoms with E-state index in [0.717, 1.165) is 16.9 Å². The van der Waals surface area contributed by atoms with Gasteiger partial charge in [0.05, 0.1) is 31.3 Å². The maximum absolute atomic E-state index is 12.2. The van der Waals surface area contributed by atoms with E-state index in [4.69, 9.17) is 18.8 Å². The van der Waals surface area contributed by atoms with Crippen LogP contribution in [0.15, 0.2) is 18.2 Å². The number of aryl methyl sites for hydroxylation is 1. The van der Waals surface area contributed by atoms with E-state index in [2.05, 4.69) is 0 Å². The molecule has 1 aromatic rings. The molecule has 25 heavy (non-hydrogen) atoms. The van der Waals surface area contributed by atoms with Crippen LogP contribution in [0.1, 0.15) is 58.0 Å². The molecule has 0 aliphatic carbocycles. The lowest BCUT2D eigenvalue weighted by Crippen LogP contribution is -2.41. The van der Waals surface area contributed by atoms with Gasteiger partial charge in [0.1, 0.15) is 5.75 Å². The topological polar surface area (TPSA) is 54.0 Å². The maximum atomic E-state index is 12.2. The van der Waals surface area contributed by atoms with Crippen molar-refractivity contribution in [2.75, 3.05) is 13.7 Å². The third-order valence-electron chi connectivity index (χ3n) is 5.17. The second-order valence-electron chi connectivity index (χ2n) is 7.46. The van der Waals surface area contributed by atoms with Crippen molar-refractivity contribution in [3.8, 4) is 5.75 Å². The Balaban J connectivity index is 2.36. The molecular formula is C19H29BO5. The second-order valence-corrected chi connectivity index (χ2v) is 7.46. The summed E-state index contributed by atoms with van der Waals surface area (Å²) in [6.45, 7) is 12.2. The van der Waals surface area contributed by atoms with E-state index in [1.54, 1.807) is 14.0 Å². The van der Waals surface area contributed by atoms with Crippen LogP contribution in [0.5, 0.6) is 5.75 Å². The molecule has 1 aliphatic rings. The largest absolute Gasteiger partial charge is 0.497 e. The zero-order valence-electron chi connectivity index (χ0n) is 16.3. The summed E-state index contributed by atoms with van der Waals surface area (Å²) >= 11 is 0. The lowest BCUT2D eigenvalue weighted by molar-refractivity contribution is -0.143. The number of carbonyl (C=O) groups excluding carboxylic acids is 1. The molecule has 1 aliphatic heterocycles. The highest BCUT2D eigenvalue weighted by Crippen LogP contribution is 2.42. The van der Waals surface area contributed by atoms with Crippen molar-refractivity contribution in [1.82, 2.24) is 0 Å². The lowest BCUT2D eigenvalue weighted by Gasteiger charge is -2.32. The molecule has 2 rings (SSSR count). The molecule has 1 heterocycles.